The van der Waals surface area contributed by atoms with Crippen LogP contribution in [0.2, 0.25) is 0 Å². The van der Waals surface area contributed by atoms with E-state index < -0.39 is 10.0 Å². The van der Waals surface area contributed by atoms with Gasteiger partial charge in [0.25, 0.3) is 10.0 Å². The third-order valence-corrected chi connectivity index (χ3v) is 5.53. The van der Waals surface area contributed by atoms with E-state index in [0.717, 1.165) is 5.56 Å². The van der Waals surface area contributed by atoms with Crippen LogP contribution in [0.1, 0.15) is 18.1 Å². The molecule has 0 aliphatic rings. The van der Waals surface area contributed by atoms with E-state index in [1.54, 1.807) is 31.2 Å². The average molecular weight is 330 g/mol. The lowest BCUT2D eigenvalue weighted by molar-refractivity contribution is 0.337. The predicted molar refractivity (Wildman–Crippen MR) is 89.4 cm³/mol. The Balaban J connectivity index is 2.22. The minimum absolute atomic E-state index is 0.231. The Kier molecular flexibility index (Phi) is 3.85. The summed E-state index contributed by atoms with van der Waals surface area (Å²) in [7, 11) is -3.74. The van der Waals surface area contributed by atoms with E-state index >= 15 is 0 Å². The van der Waals surface area contributed by atoms with Crippen LogP contribution in [0.25, 0.3) is 11.0 Å². The molecule has 3 rings (SSSR count). The zero-order chi connectivity index (χ0) is 16.6. The number of aryl methyl sites for hydroxylation is 2. The minimum atomic E-state index is -3.74. The smallest absolute Gasteiger partial charge is 0.269 e. The highest BCUT2D eigenvalue weighted by molar-refractivity contribution is 7.90. The van der Waals surface area contributed by atoms with Gasteiger partial charge in [0.2, 0.25) is 0 Å². The molecule has 6 heteroatoms. The van der Waals surface area contributed by atoms with E-state index in [2.05, 4.69) is 4.98 Å². The Morgan fingerprint density at radius 1 is 1.13 bits per heavy atom. The van der Waals surface area contributed by atoms with Crippen LogP contribution in [-0.4, -0.2) is 24.0 Å². The van der Waals surface area contributed by atoms with E-state index in [1.165, 1.54) is 10.3 Å². The molecule has 0 atom stereocenters. The number of nitrogens with zero attached hydrogens (tertiary/aromatic N) is 2. The summed E-state index contributed by atoms with van der Waals surface area (Å²) >= 11 is 0. The molecule has 0 unspecified atom stereocenters. The number of benzene rings is 2. The maximum Gasteiger partial charge on any atom is 0.269 e. The quantitative estimate of drug-likeness (QED) is 0.736. The highest BCUT2D eigenvalue weighted by Gasteiger charge is 2.23. The van der Waals surface area contributed by atoms with Crippen molar-refractivity contribution >= 4 is 21.1 Å². The van der Waals surface area contributed by atoms with Gasteiger partial charge in [0.15, 0.2) is 0 Å². The van der Waals surface area contributed by atoms with Crippen LogP contribution < -0.4 is 4.74 Å². The van der Waals surface area contributed by atoms with Crippen LogP contribution in [0.4, 0.5) is 0 Å². The van der Waals surface area contributed by atoms with Crippen molar-refractivity contribution in [3.05, 3.63) is 53.9 Å². The zero-order valence-electron chi connectivity index (χ0n) is 13.3. The van der Waals surface area contributed by atoms with Crippen molar-refractivity contribution in [3.63, 3.8) is 0 Å². The number of hydrogen-bond donors (Lipinski definition) is 0. The van der Waals surface area contributed by atoms with Gasteiger partial charge in [0, 0.05) is 6.07 Å². The first-order chi connectivity index (χ1) is 10.9. The molecular weight excluding hydrogens is 312 g/mol. The van der Waals surface area contributed by atoms with Crippen LogP contribution in [0, 0.1) is 13.8 Å². The first kappa shape index (κ1) is 15.6. The molecule has 1 aromatic heterocycles. The molecule has 0 bridgehead atoms. The van der Waals surface area contributed by atoms with Crippen molar-refractivity contribution in [1.29, 1.82) is 0 Å². The summed E-state index contributed by atoms with van der Waals surface area (Å²) in [5, 5.41) is 0. The molecule has 0 amide bonds. The number of imidazole rings is 1. The summed E-state index contributed by atoms with van der Waals surface area (Å²) in [5.41, 5.74) is 2.80. The molecule has 3 aromatic rings. The van der Waals surface area contributed by atoms with Gasteiger partial charge in [-0.15, -0.1) is 0 Å². The molecule has 0 fully saturated rings. The van der Waals surface area contributed by atoms with E-state index in [4.69, 9.17) is 4.74 Å². The fourth-order valence-electron chi connectivity index (χ4n) is 2.64. The second-order valence-corrected chi connectivity index (χ2v) is 7.13. The van der Waals surface area contributed by atoms with Gasteiger partial charge >= 0.3 is 0 Å². The first-order valence-electron chi connectivity index (χ1n) is 7.37. The number of para-hydroxylation sites is 2. The van der Waals surface area contributed by atoms with Crippen LogP contribution in [0.3, 0.4) is 0 Å². The molecule has 0 saturated heterocycles. The Morgan fingerprint density at radius 3 is 2.61 bits per heavy atom. The summed E-state index contributed by atoms with van der Waals surface area (Å²) < 4.78 is 32.9. The Labute approximate surface area is 135 Å². The summed E-state index contributed by atoms with van der Waals surface area (Å²) in [5.74, 6) is 0.584. The standard InChI is InChI=1S/C17H18N2O3S/c1-4-22-16-10-17(13(3)9-12(16)2)23(20,21)19-11-18-14-7-5-6-8-15(14)19/h5-11H,4H2,1-3H3. The lowest BCUT2D eigenvalue weighted by atomic mass is 10.1. The summed E-state index contributed by atoms with van der Waals surface area (Å²) in [6.07, 6.45) is 1.35. The molecule has 0 aliphatic carbocycles. The van der Waals surface area contributed by atoms with E-state index in [0.29, 0.717) is 29.0 Å². The third-order valence-electron chi connectivity index (χ3n) is 3.73. The molecule has 2 aromatic carbocycles. The number of aromatic nitrogens is 2. The van der Waals surface area contributed by atoms with Crippen molar-refractivity contribution in [2.24, 2.45) is 0 Å². The number of fused-ring (bicyclic) bond motifs is 1. The molecule has 0 spiro atoms. The molecule has 0 saturated carbocycles. The molecule has 0 aliphatic heterocycles. The molecule has 120 valence electrons. The van der Waals surface area contributed by atoms with Gasteiger partial charge in [0.05, 0.1) is 22.5 Å². The van der Waals surface area contributed by atoms with Crippen LogP contribution in [0.15, 0.2) is 47.6 Å². The lowest BCUT2D eigenvalue weighted by Crippen LogP contribution is -2.14. The second-order valence-electron chi connectivity index (χ2n) is 5.35. The van der Waals surface area contributed by atoms with E-state index in [-0.39, 0.29) is 4.90 Å². The van der Waals surface area contributed by atoms with Crippen molar-refractivity contribution in [1.82, 2.24) is 8.96 Å². The third kappa shape index (κ3) is 2.59. The topological polar surface area (TPSA) is 61.2 Å². The summed E-state index contributed by atoms with van der Waals surface area (Å²) in [4.78, 5) is 4.40. The molecule has 5 nitrogen and oxygen atoms in total. The molecule has 0 radical (unpaired) electrons. The largest absolute Gasteiger partial charge is 0.494 e. The maximum absolute atomic E-state index is 13.1. The highest BCUT2D eigenvalue weighted by atomic mass is 32.2. The fourth-order valence-corrected chi connectivity index (χ4v) is 4.15. The Bertz CT molecular complexity index is 975. The van der Waals surface area contributed by atoms with Gasteiger partial charge in [-0.2, -0.15) is 0 Å². The van der Waals surface area contributed by atoms with Crippen molar-refractivity contribution in [3.8, 4) is 5.75 Å². The first-order valence-corrected chi connectivity index (χ1v) is 8.81. The van der Waals surface area contributed by atoms with Gasteiger partial charge in [-0.3, -0.25) is 0 Å². The molecule has 0 N–H and O–H groups in total. The molecule has 23 heavy (non-hydrogen) atoms. The fraction of sp³-hybridized carbons (Fsp3) is 0.235. The van der Waals surface area contributed by atoms with Crippen LogP contribution >= 0.6 is 0 Å². The van der Waals surface area contributed by atoms with E-state index in [1.807, 2.05) is 26.0 Å². The lowest BCUT2D eigenvalue weighted by Gasteiger charge is -2.14. The van der Waals surface area contributed by atoms with E-state index in [9.17, 15) is 8.42 Å². The number of hydrogen-bond acceptors (Lipinski definition) is 4. The number of rotatable bonds is 4. The van der Waals surface area contributed by atoms with Gasteiger partial charge in [0.1, 0.15) is 12.1 Å². The molecule has 1 heterocycles. The normalized spacial score (nSPS) is 11.8. The van der Waals surface area contributed by atoms with Crippen molar-refractivity contribution in [2.75, 3.05) is 6.61 Å². The number of ether oxygens (including phenoxy) is 1. The average Bonchev–Trinajstić information content (AvgIpc) is 2.94. The Hall–Kier alpha value is -2.34. The zero-order valence-corrected chi connectivity index (χ0v) is 14.1. The molecular formula is C17H18N2O3S. The summed E-state index contributed by atoms with van der Waals surface area (Å²) in [6.45, 7) is 6.05. The van der Waals surface area contributed by atoms with Crippen molar-refractivity contribution < 1.29 is 13.2 Å². The van der Waals surface area contributed by atoms with Gasteiger partial charge in [-0.25, -0.2) is 17.4 Å². The van der Waals surface area contributed by atoms with Crippen LogP contribution in [0.5, 0.6) is 5.75 Å². The maximum atomic E-state index is 13.1. The summed E-state index contributed by atoms with van der Waals surface area (Å²) in [6, 6.07) is 10.6. The minimum Gasteiger partial charge on any atom is -0.494 e. The van der Waals surface area contributed by atoms with Gasteiger partial charge in [-0.1, -0.05) is 18.2 Å². The van der Waals surface area contributed by atoms with Gasteiger partial charge in [-0.05, 0) is 44.0 Å². The SMILES string of the molecule is CCOc1cc(S(=O)(=O)n2cnc3ccccc32)c(C)cc1C. The highest BCUT2D eigenvalue weighted by Crippen LogP contribution is 2.29. The Morgan fingerprint density at radius 2 is 1.87 bits per heavy atom. The predicted octanol–water partition coefficient (Wildman–Crippen LogP) is 3.29. The second kappa shape index (κ2) is 5.70. The van der Waals surface area contributed by atoms with Crippen LogP contribution in [-0.2, 0) is 10.0 Å². The van der Waals surface area contributed by atoms with Gasteiger partial charge < -0.3 is 4.74 Å². The monoisotopic (exact) mass is 330 g/mol. The van der Waals surface area contributed by atoms with Crippen molar-refractivity contribution in [2.45, 2.75) is 25.7 Å².